The van der Waals surface area contributed by atoms with Crippen LogP contribution in [-0.2, 0) is 30.5 Å². The summed E-state index contributed by atoms with van der Waals surface area (Å²) < 4.78 is 45.9. The smallest absolute Gasteiger partial charge is 0.375 e. The second-order valence-corrected chi connectivity index (χ2v) is 10.5. The number of halogens is 3. The molecule has 0 unspecified atom stereocenters. The van der Waals surface area contributed by atoms with Crippen molar-refractivity contribution in [2.75, 3.05) is 24.6 Å². The number of anilines is 1. The van der Waals surface area contributed by atoms with Gasteiger partial charge in [0.05, 0.1) is 36.5 Å². The average molecular weight is 556 g/mol. The summed E-state index contributed by atoms with van der Waals surface area (Å²) in [4.78, 5) is 4.74. The lowest BCUT2D eigenvalue weighted by Crippen LogP contribution is -2.61. The molecule has 0 radical (unpaired) electrons. The van der Waals surface area contributed by atoms with Crippen LogP contribution in [0.4, 0.5) is 18.9 Å². The zero-order chi connectivity index (χ0) is 28.7. The van der Waals surface area contributed by atoms with Crippen molar-refractivity contribution in [3.8, 4) is 6.07 Å². The molecular formula is C34H32F3N3O. The highest BCUT2D eigenvalue weighted by Crippen LogP contribution is 2.31. The molecule has 0 spiro atoms. The third kappa shape index (κ3) is 7.55. The number of rotatable bonds is 9. The van der Waals surface area contributed by atoms with Crippen molar-refractivity contribution in [2.45, 2.75) is 37.8 Å². The van der Waals surface area contributed by atoms with Crippen LogP contribution in [-0.4, -0.2) is 36.7 Å². The summed E-state index contributed by atoms with van der Waals surface area (Å²) in [7, 11) is 0. The molecule has 0 aliphatic carbocycles. The Morgan fingerprint density at radius 1 is 0.732 bits per heavy atom. The lowest BCUT2D eigenvalue weighted by atomic mass is 9.96. The molecule has 1 aliphatic heterocycles. The van der Waals surface area contributed by atoms with E-state index in [2.05, 4.69) is 28.0 Å². The summed E-state index contributed by atoms with van der Waals surface area (Å²) in [6, 6.07) is 35.5. The highest BCUT2D eigenvalue weighted by molar-refractivity contribution is 5.52. The Kier molecular flexibility index (Phi) is 9.03. The number of nitriles is 1. The maximum Gasteiger partial charge on any atom is 0.416 e. The van der Waals surface area contributed by atoms with Gasteiger partial charge in [0.1, 0.15) is 0 Å². The van der Waals surface area contributed by atoms with Crippen molar-refractivity contribution in [3.05, 3.63) is 137 Å². The zero-order valence-corrected chi connectivity index (χ0v) is 22.7. The molecule has 0 aromatic heterocycles. The molecule has 4 aromatic carbocycles. The van der Waals surface area contributed by atoms with E-state index < -0.39 is 11.7 Å². The molecule has 1 saturated heterocycles. The van der Waals surface area contributed by atoms with Crippen molar-refractivity contribution >= 4 is 5.69 Å². The summed E-state index contributed by atoms with van der Waals surface area (Å²) in [5.74, 6) is 0. The van der Waals surface area contributed by atoms with E-state index in [9.17, 15) is 18.4 Å². The first-order valence-electron chi connectivity index (χ1n) is 13.7. The van der Waals surface area contributed by atoms with Crippen LogP contribution in [0.2, 0.25) is 0 Å². The molecule has 0 N–H and O–H groups in total. The molecule has 5 rings (SSSR count). The fourth-order valence-corrected chi connectivity index (χ4v) is 5.53. The van der Waals surface area contributed by atoms with Crippen LogP contribution in [0.3, 0.4) is 0 Å². The van der Waals surface area contributed by atoms with Crippen molar-refractivity contribution < 1.29 is 17.9 Å². The van der Waals surface area contributed by atoms with E-state index in [1.54, 1.807) is 12.1 Å². The Hall–Kier alpha value is -4.12. The summed E-state index contributed by atoms with van der Waals surface area (Å²) in [6.45, 7) is 3.21. The molecule has 41 heavy (non-hydrogen) atoms. The van der Waals surface area contributed by atoms with Gasteiger partial charge in [-0.3, -0.25) is 4.90 Å². The molecular weight excluding hydrogens is 523 g/mol. The number of nitrogens with zero attached hydrogens (tertiary/aromatic N) is 3. The molecule has 7 heteroatoms. The third-order valence-electron chi connectivity index (χ3n) is 7.44. The minimum atomic E-state index is -4.37. The van der Waals surface area contributed by atoms with Crippen LogP contribution in [0.15, 0.2) is 109 Å². The van der Waals surface area contributed by atoms with Gasteiger partial charge < -0.3 is 9.64 Å². The van der Waals surface area contributed by atoms with Crippen molar-refractivity contribution in [1.29, 1.82) is 5.26 Å². The maximum atomic E-state index is 13.2. The van der Waals surface area contributed by atoms with Gasteiger partial charge in [-0.15, -0.1) is 0 Å². The molecule has 1 heterocycles. The highest BCUT2D eigenvalue weighted by atomic mass is 19.4. The Morgan fingerprint density at radius 3 is 1.95 bits per heavy atom. The number of hydrogen-bond acceptors (Lipinski definition) is 4. The van der Waals surface area contributed by atoms with Crippen molar-refractivity contribution in [1.82, 2.24) is 4.90 Å². The first-order valence-corrected chi connectivity index (χ1v) is 13.7. The largest absolute Gasteiger partial charge is 0.416 e. The minimum Gasteiger partial charge on any atom is -0.375 e. The summed E-state index contributed by atoms with van der Waals surface area (Å²) in [5, 5.41) is 9.35. The molecule has 4 nitrogen and oxygen atoms in total. The van der Waals surface area contributed by atoms with Crippen LogP contribution in [0, 0.1) is 11.3 Å². The Morgan fingerprint density at radius 2 is 1.34 bits per heavy atom. The molecule has 1 aliphatic rings. The average Bonchev–Trinajstić information content (AvgIpc) is 2.98. The van der Waals surface area contributed by atoms with Gasteiger partial charge in [0.2, 0.25) is 0 Å². The van der Waals surface area contributed by atoms with Crippen molar-refractivity contribution in [2.24, 2.45) is 0 Å². The number of hydrogen-bond donors (Lipinski definition) is 0. The van der Waals surface area contributed by atoms with E-state index >= 15 is 0 Å². The molecule has 0 amide bonds. The number of ether oxygens (including phenoxy) is 1. The summed E-state index contributed by atoms with van der Waals surface area (Å²) in [5.41, 5.74) is 4.03. The van der Waals surface area contributed by atoms with E-state index in [-0.39, 0.29) is 12.1 Å². The molecule has 4 aromatic rings. The fourth-order valence-electron chi connectivity index (χ4n) is 5.53. The predicted molar refractivity (Wildman–Crippen MR) is 154 cm³/mol. The van der Waals surface area contributed by atoms with E-state index in [0.717, 1.165) is 48.6 Å². The van der Waals surface area contributed by atoms with Gasteiger partial charge >= 0.3 is 6.18 Å². The number of alkyl halides is 3. The van der Waals surface area contributed by atoms with E-state index in [1.807, 2.05) is 72.8 Å². The van der Waals surface area contributed by atoms with Crippen molar-refractivity contribution in [3.63, 3.8) is 0 Å². The third-order valence-corrected chi connectivity index (χ3v) is 7.44. The quantitative estimate of drug-likeness (QED) is 0.221. The highest BCUT2D eigenvalue weighted by Gasteiger charge is 2.35. The Bertz CT molecular complexity index is 1420. The lowest BCUT2D eigenvalue weighted by molar-refractivity contribution is -0.137. The second-order valence-electron chi connectivity index (χ2n) is 10.5. The molecule has 1 fully saturated rings. The predicted octanol–water partition coefficient (Wildman–Crippen LogP) is 7.10. The molecule has 210 valence electrons. The van der Waals surface area contributed by atoms with E-state index in [4.69, 9.17) is 4.74 Å². The fraction of sp³-hybridized carbons (Fsp3) is 0.265. The first kappa shape index (κ1) is 28.4. The van der Waals surface area contributed by atoms with Crippen LogP contribution >= 0.6 is 0 Å². The second kappa shape index (κ2) is 13.0. The molecule has 0 bridgehead atoms. The van der Waals surface area contributed by atoms with E-state index in [0.29, 0.717) is 25.2 Å². The zero-order valence-electron chi connectivity index (χ0n) is 22.7. The number of benzene rings is 4. The lowest BCUT2D eigenvalue weighted by Gasteiger charge is -2.48. The number of piperazine rings is 1. The van der Waals surface area contributed by atoms with Gasteiger partial charge in [0.25, 0.3) is 0 Å². The van der Waals surface area contributed by atoms with Gasteiger partial charge in [-0.2, -0.15) is 18.4 Å². The van der Waals surface area contributed by atoms with Gasteiger partial charge in [-0.05, 0) is 59.5 Å². The topological polar surface area (TPSA) is 39.5 Å². The minimum absolute atomic E-state index is 0.0106. The molecule has 0 saturated carbocycles. The first-order chi connectivity index (χ1) is 19.9. The van der Waals surface area contributed by atoms with Gasteiger partial charge in [0, 0.05) is 31.4 Å². The van der Waals surface area contributed by atoms with E-state index in [1.165, 1.54) is 5.56 Å². The monoisotopic (exact) mass is 555 g/mol. The molecule has 2 atom stereocenters. The van der Waals surface area contributed by atoms with Crippen LogP contribution < -0.4 is 4.90 Å². The summed E-state index contributed by atoms with van der Waals surface area (Å²) >= 11 is 0. The summed E-state index contributed by atoms with van der Waals surface area (Å²) in [6.07, 6.45) is -3.80. The van der Waals surface area contributed by atoms with Crippen LogP contribution in [0.5, 0.6) is 0 Å². The van der Waals surface area contributed by atoms with Crippen LogP contribution in [0.25, 0.3) is 0 Å². The van der Waals surface area contributed by atoms with Gasteiger partial charge in [0.15, 0.2) is 0 Å². The Labute approximate surface area is 239 Å². The van der Waals surface area contributed by atoms with Gasteiger partial charge in [-0.1, -0.05) is 72.8 Å². The Balaban J connectivity index is 1.44. The maximum absolute atomic E-state index is 13.2. The standard InChI is InChI=1S/C34H32F3N3O/c35-34(36,37)30-15-11-26(12-16-30)19-32-22-39(21-28-7-3-1-4-8-28)23-33(25-41-24-29-9-5-2-6-10-29)40(32)31-17-13-27(20-38)14-18-31/h1-18,32-33H,19,21-25H2/t32-,33-/m1/s1. The van der Waals surface area contributed by atoms with Gasteiger partial charge in [-0.25, -0.2) is 0 Å². The normalized spacial score (nSPS) is 17.8. The van der Waals surface area contributed by atoms with Crippen LogP contribution in [0.1, 0.15) is 27.8 Å². The SMILES string of the molecule is N#Cc1ccc(N2[C@H](Cc3ccc(C(F)(F)F)cc3)CN(Cc3ccccc3)C[C@@H]2COCc2ccccc2)cc1.